The van der Waals surface area contributed by atoms with E-state index < -0.39 is 20.2 Å². The lowest BCUT2D eigenvalue weighted by Gasteiger charge is -2.06. The van der Waals surface area contributed by atoms with Crippen molar-refractivity contribution in [2.24, 2.45) is 0 Å². The third kappa shape index (κ3) is 2.08. The van der Waals surface area contributed by atoms with Crippen LogP contribution in [0.3, 0.4) is 0 Å². The predicted molar refractivity (Wildman–Crippen MR) is 88.0 cm³/mol. The second kappa shape index (κ2) is 4.64. The molecule has 1 aliphatic rings. The molecule has 0 unspecified atom stereocenters. The standard InChI is InChI=1S/C16H10O6S2/c17-23(18,19)9-4-5-10-11-2-1-3-13-15(24(20,21)22)7-6-12(16(11)13)14(10)8-9/h1-8H,(H,17,18,19)(H,20,21,22). The Morgan fingerprint density at radius 1 is 0.667 bits per heavy atom. The van der Waals surface area contributed by atoms with Crippen molar-refractivity contribution in [3.05, 3.63) is 48.5 Å². The van der Waals surface area contributed by atoms with Gasteiger partial charge >= 0.3 is 0 Å². The quantitative estimate of drug-likeness (QED) is 0.531. The molecule has 3 aromatic carbocycles. The first-order valence-corrected chi connectivity index (χ1v) is 9.71. The smallest absolute Gasteiger partial charge is 0.282 e. The Balaban J connectivity index is 2.14. The lowest BCUT2D eigenvalue weighted by Crippen LogP contribution is -1.99. The zero-order valence-electron chi connectivity index (χ0n) is 12.0. The summed E-state index contributed by atoms with van der Waals surface area (Å²) in [6.45, 7) is 0. The minimum atomic E-state index is -4.39. The number of benzene rings is 3. The van der Waals surface area contributed by atoms with Crippen LogP contribution in [0.15, 0.2) is 58.3 Å². The Hall–Kier alpha value is -2.26. The summed E-state index contributed by atoms with van der Waals surface area (Å²) in [6.07, 6.45) is 0. The number of hydrogen-bond acceptors (Lipinski definition) is 4. The maximum atomic E-state index is 11.6. The van der Waals surface area contributed by atoms with Gasteiger partial charge in [0.15, 0.2) is 0 Å². The van der Waals surface area contributed by atoms with Crippen LogP contribution in [0.5, 0.6) is 0 Å². The highest BCUT2D eigenvalue weighted by Gasteiger charge is 2.26. The lowest BCUT2D eigenvalue weighted by molar-refractivity contribution is 0.481. The van der Waals surface area contributed by atoms with Crippen LogP contribution in [-0.2, 0) is 20.2 Å². The van der Waals surface area contributed by atoms with Crippen molar-refractivity contribution < 1.29 is 25.9 Å². The molecule has 0 aliphatic heterocycles. The Morgan fingerprint density at radius 2 is 1.33 bits per heavy atom. The van der Waals surface area contributed by atoms with E-state index in [1.165, 1.54) is 24.3 Å². The van der Waals surface area contributed by atoms with Gasteiger partial charge in [-0.05, 0) is 45.8 Å². The molecule has 0 saturated carbocycles. The first-order chi connectivity index (χ1) is 11.2. The van der Waals surface area contributed by atoms with Gasteiger partial charge in [-0.15, -0.1) is 0 Å². The minimum absolute atomic E-state index is 0.203. The highest BCUT2D eigenvalue weighted by atomic mass is 32.2. The monoisotopic (exact) mass is 362 g/mol. The fraction of sp³-hybridized carbons (Fsp3) is 0. The highest BCUT2D eigenvalue weighted by molar-refractivity contribution is 7.86. The fourth-order valence-corrected chi connectivity index (χ4v) is 4.39. The van der Waals surface area contributed by atoms with Crippen molar-refractivity contribution in [2.75, 3.05) is 0 Å². The molecule has 4 rings (SSSR count). The fourth-order valence-electron chi connectivity index (χ4n) is 3.20. The maximum Gasteiger partial charge on any atom is 0.295 e. The van der Waals surface area contributed by atoms with Crippen LogP contribution in [0.2, 0.25) is 0 Å². The van der Waals surface area contributed by atoms with E-state index in [4.69, 9.17) is 0 Å². The van der Waals surface area contributed by atoms with E-state index >= 15 is 0 Å². The van der Waals surface area contributed by atoms with Crippen LogP contribution in [0.4, 0.5) is 0 Å². The highest BCUT2D eigenvalue weighted by Crippen LogP contribution is 2.48. The van der Waals surface area contributed by atoms with E-state index in [1.54, 1.807) is 24.3 Å². The van der Waals surface area contributed by atoms with Gasteiger partial charge in [-0.3, -0.25) is 9.11 Å². The van der Waals surface area contributed by atoms with Crippen LogP contribution in [0, 0.1) is 0 Å². The number of rotatable bonds is 2. The summed E-state index contributed by atoms with van der Waals surface area (Å²) in [5.74, 6) is 0. The summed E-state index contributed by atoms with van der Waals surface area (Å²) in [5.41, 5.74) is 2.70. The Kier molecular flexibility index (Phi) is 2.95. The van der Waals surface area contributed by atoms with Crippen LogP contribution in [-0.4, -0.2) is 25.9 Å². The van der Waals surface area contributed by atoms with Gasteiger partial charge in [0.2, 0.25) is 0 Å². The van der Waals surface area contributed by atoms with Crippen LogP contribution >= 0.6 is 0 Å². The SMILES string of the molecule is O=S(=O)(O)c1ccc2c(c1)-c1ccc(S(=O)(=O)O)c3cccc-2c13. The third-order valence-corrected chi connectivity index (χ3v) is 5.91. The van der Waals surface area contributed by atoms with Gasteiger partial charge in [-0.2, -0.15) is 16.8 Å². The molecule has 6 nitrogen and oxygen atoms in total. The van der Waals surface area contributed by atoms with Gasteiger partial charge in [-0.1, -0.05) is 30.3 Å². The third-order valence-electron chi connectivity index (χ3n) is 4.15. The molecular weight excluding hydrogens is 352 g/mol. The summed E-state index contributed by atoms with van der Waals surface area (Å²) >= 11 is 0. The molecular formula is C16H10O6S2. The van der Waals surface area contributed by atoms with Crippen LogP contribution < -0.4 is 0 Å². The van der Waals surface area contributed by atoms with E-state index in [2.05, 4.69) is 0 Å². The van der Waals surface area contributed by atoms with E-state index in [1.807, 2.05) is 0 Å². The van der Waals surface area contributed by atoms with E-state index in [0.29, 0.717) is 21.9 Å². The van der Waals surface area contributed by atoms with Crippen molar-refractivity contribution >= 4 is 31.0 Å². The molecule has 2 N–H and O–H groups in total. The summed E-state index contributed by atoms with van der Waals surface area (Å²) in [4.78, 5) is -0.438. The largest absolute Gasteiger partial charge is 0.295 e. The molecule has 0 amide bonds. The normalized spacial score (nSPS) is 13.2. The van der Waals surface area contributed by atoms with Crippen molar-refractivity contribution in [2.45, 2.75) is 9.79 Å². The zero-order chi connectivity index (χ0) is 17.3. The van der Waals surface area contributed by atoms with Gasteiger partial charge in [0.25, 0.3) is 20.2 Å². The summed E-state index contributed by atoms with van der Waals surface area (Å²) in [5, 5.41) is 0.979. The predicted octanol–water partition coefficient (Wildman–Crippen LogP) is 2.98. The van der Waals surface area contributed by atoms with E-state index in [-0.39, 0.29) is 9.79 Å². The average molecular weight is 362 g/mol. The summed E-state index contributed by atoms with van der Waals surface area (Å²) in [6, 6.07) is 12.1. The van der Waals surface area contributed by atoms with Crippen molar-refractivity contribution in [3.8, 4) is 22.3 Å². The molecule has 0 saturated heterocycles. The zero-order valence-corrected chi connectivity index (χ0v) is 13.6. The molecule has 0 bridgehead atoms. The van der Waals surface area contributed by atoms with E-state index in [9.17, 15) is 25.9 Å². The van der Waals surface area contributed by atoms with Gasteiger partial charge in [0, 0.05) is 5.39 Å². The van der Waals surface area contributed by atoms with Crippen molar-refractivity contribution in [1.29, 1.82) is 0 Å². The molecule has 0 atom stereocenters. The van der Waals surface area contributed by atoms with Crippen molar-refractivity contribution in [1.82, 2.24) is 0 Å². The second-order valence-corrected chi connectivity index (χ2v) is 8.31. The van der Waals surface area contributed by atoms with Gasteiger partial charge < -0.3 is 0 Å². The molecule has 0 spiro atoms. The van der Waals surface area contributed by atoms with E-state index in [0.717, 1.165) is 11.1 Å². The number of fused-ring (bicyclic) bond motifs is 3. The summed E-state index contributed by atoms with van der Waals surface area (Å²) in [7, 11) is -8.74. The molecule has 24 heavy (non-hydrogen) atoms. The Bertz CT molecular complexity index is 1240. The van der Waals surface area contributed by atoms with Gasteiger partial charge in [-0.25, -0.2) is 0 Å². The first-order valence-electron chi connectivity index (χ1n) is 6.83. The van der Waals surface area contributed by atoms with Gasteiger partial charge in [0.05, 0.1) is 4.90 Å². The molecule has 0 aromatic heterocycles. The maximum absolute atomic E-state index is 11.6. The minimum Gasteiger partial charge on any atom is -0.282 e. The molecule has 8 heteroatoms. The van der Waals surface area contributed by atoms with Gasteiger partial charge in [0.1, 0.15) is 4.90 Å². The molecule has 1 aliphatic carbocycles. The molecule has 0 fully saturated rings. The van der Waals surface area contributed by atoms with Crippen LogP contribution in [0.25, 0.3) is 33.0 Å². The molecule has 122 valence electrons. The molecule has 0 radical (unpaired) electrons. The topological polar surface area (TPSA) is 109 Å². The second-order valence-electron chi connectivity index (χ2n) is 5.50. The number of hydrogen-bond donors (Lipinski definition) is 2. The first kappa shape index (κ1) is 15.3. The lowest BCUT2D eigenvalue weighted by atomic mass is 10.0. The molecule has 0 heterocycles. The van der Waals surface area contributed by atoms with Crippen LogP contribution in [0.1, 0.15) is 0 Å². The summed E-state index contributed by atoms with van der Waals surface area (Å²) < 4.78 is 64.6. The average Bonchev–Trinajstić information content (AvgIpc) is 2.82. The Labute approximate surface area is 137 Å². The Morgan fingerprint density at radius 3 is 2.00 bits per heavy atom. The molecule has 3 aromatic rings. The van der Waals surface area contributed by atoms with Crippen molar-refractivity contribution in [3.63, 3.8) is 0 Å².